The normalized spacial score (nSPS) is 22.6. The first-order valence-corrected chi connectivity index (χ1v) is 8.75. The van der Waals surface area contributed by atoms with E-state index in [9.17, 15) is 0 Å². The summed E-state index contributed by atoms with van der Waals surface area (Å²) in [5.74, 6) is 3.18. The highest BCUT2D eigenvalue weighted by Crippen LogP contribution is 2.27. The van der Waals surface area contributed by atoms with Crippen LogP contribution in [0.2, 0.25) is 0 Å². The molecule has 0 atom stereocenters. The minimum Gasteiger partial charge on any atom is -0.356 e. The minimum absolute atomic E-state index is 0.940. The Labute approximate surface area is 132 Å². The Balaban J connectivity index is 1.65. The molecule has 120 valence electrons. The lowest BCUT2D eigenvalue weighted by Crippen LogP contribution is -2.44. The van der Waals surface area contributed by atoms with Gasteiger partial charge in [-0.1, -0.05) is 0 Å². The largest absolute Gasteiger partial charge is 0.356 e. The van der Waals surface area contributed by atoms with Gasteiger partial charge in [0.25, 0.3) is 0 Å². The Kier molecular flexibility index (Phi) is 4.01. The first-order chi connectivity index (χ1) is 10.9. The summed E-state index contributed by atoms with van der Waals surface area (Å²) in [5.41, 5.74) is 0. The van der Waals surface area contributed by atoms with Gasteiger partial charge in [0.15, 0.2) is 0 Å². The van der Waals surface area contributed by atoms with Crippen LogP contribution >= 0.6 is 0 Å². The minimum atomic E-state index is 0.940. The van der Waals surface area contributed by atoms with Gasteiger partial charge in [0, 0.05) is 58.4 Å². The van der Waals surface area contributed by atoms with E-state index in [0.717, 1.165) is 69.9 Å². The summed E-state index contributed by atoms with van der Waals surface area (Å²) in [5, 5.41) is 3.42. The SMILES string of the molecule is c1c(N2CCCC2)[14n][14c](N2CCCC2)[14n]c1N1CCNCC1. The standard InChI is InChI=1S/C16H26N6/c1-2-8-20(7-1)14-13-15(21-11-5-17-6-12-21)19-16(18-14)22-9-3-4-10-22/h13,17H,1-12H2/i16+2,18+0,19+0. The first kappa shape index (κ1) is 14.1. The maximum Gasteiger partial charge on any atom is 0.229 e. The van der Waals surface area contributed by atoms with Crippen LogP contribution in [-0.4, -0.2) is 62.3 Å². The molecule has 0 saturated carbocycles. The summed E-state index contributed by atoms with van der Waals surface area (Å²) in [7, 11) is 0. The van der Waals surface area contributed by atoms with Crippen LogP contribution in [0.25, 0.3) is 0 Å². The highest BCUT2D eigenvalue weighted by atomic mass is 15.8. The molecule has 0 spiro atoms. The Morgan fingerprint density at radius 2 is 1.32 bits per heavy atom. The van der Waals surface area contributed by atoms with Gasteiger partial charge in [-0.3, -0.25) is 0 Å². The molecule has 4 heterocycles. The van der Waals surface area contributed by atoms with Crippen molar-refractivity contribution in [3.63, 3.8) is 0 Å². The second-order valence-electron chi connectivity index (χ2n) is 6.51. The maximum atomic E-state index is 4.90. The van der Waals surface area contributed by atoms with Gasteiger partial charge in [0.05, 0.1) is 0 Å². The highest BCUT2D eigenvalue weighted by Gasteiger charge is 2.22. The number of nitrogens with zero attached hydrogens (tertiary/aromatic N) is 5. The van der Waals surface area contributed by atoms with Crippen LogP contribution in [0, 0.1) is 0 Å². The molecule has 3 aliphatic rings. The summed E-state index contributed by atoms with van der Waals surface area (Å²) in [6.07, 6.45) is 5.10. The van der Waals surface area contributed by atoms with Crippen molar-refractivity contribution in [2.24, 2.45) is 0 Å². The second-order valence-corrected chi connectivity index (χ2v) is 6.51. The monoisotopic (exact) mass is 304 g/mol. The summed E-state index contributed by atoms with van der Waals surface area (Å²) in [4.78, 5) is 17.0. The zero-order valence-corrected chi connectivity index (χ0v) is 13.3. The smallest absolute Gasteiger partial charge is 0.229 e. The van der Waals surface area contributed by atoms with Crippen LogP contribution in [0.1, 0.15) is 25.7 Å². The van der Waals surface area contributed by atoms with Gasteiger partial charge in [-0.15, -0.1) is 0 Å². The van der Waals surface area contributed by atoms with Gasteiger partial charge in [0.1, 0.15) is 11.6 Å². The third-order valence-corrected chi connectivity index (χ3v) is 4.95. The lowest BCUT2D eigenvalue weighted by Gasteiger charge is -2.30. The van der Waals surface area contributed by atoms with Crippen molar-refractivity contribution in [3.05, 3.63) is 6.07 Å². The van der Waals surface area contributed by atoms with Crippen molar-refractivity contribution in [1.82, 2.24) is 15.3 Å². The molecular weight excluding hydrogens is 278 g/mol. The van der Waals surface area contributed by atoms with Crippen LogP contribution in [0.15, 0.2) is 6.07 Å². The fourth-order valence-electron chi connectivity index (χ4n) is 3.63. The molecule has 3 fully saturated rings. The fourth-order valence-corrected chi connectivity index (χ4v) is 3.63. The van der Waals surface area contributed by atoms with E-state index in [1.807, 2.05) is 0 Å². The quantitative estimate of drug-likeness (QED) is 0.902. The number of hydrogen-bond donors (Lipinski definition) is 1. The molecule has 0 radical (unpaired) electrons. The summed E-state index contributed by atoms with van der Waals surface area (Å²) >= 11 is 0. The van der Waals surface area contributed by atoms with E-state index in [1.54, 1.807) is 0 Å². The molecular formula is C16H26N6. The molecule has 0 aromatic carbocycles. The summed E-state index contributed by atoms with van der Waals surface area (Å²) in [6, 6.07) is 2.20. The zero-order chi connectivity index (χ0) is 14.8. The fraction of sp³-hybridized carbons (Fsp3) is 0.750. The summed E-state index contributed by atoms with van der Waals surface area (Å²) in [6.45, 7) is 8.64. The molecule has 1 aromatic rings. The molecule has 3 aliphatic heterocycles. The predicted octanol–water partition coefficient (Wildman–Crippen LogP) is 1.09. The van der Waals surface area contributed by atoms with Gasteiger partial charge >= 0.3 is 0 Å². The molecule has 22 heavy (non-hydrogen) atoms. The molecule has 3 saturated heterocycles. The van der Waals surface area contributed by atoms with Gasteiger partial charge in [0.2, 0.25) is 5.95 Å². The Morgan fingerprint density at radius 1 is 0.773 bits per heavy atom. The molecule has 1 aromatic heterocycles. The van der Waals surface area contributed by atoms with Gasteiger partial charge in [-0.25, -0.2) is 0 Å². The molecule has 0 bridgehead atoms. The zero-order valence-electron chi connectivity index (χ0n) is 13.3. The van der Waals surface area contributed by atoms with Crippen molar-refractivity contribution >= 4 is 17.6 Å². The Morgan fingerprint density at radius 3 is 1.95 bits per heavy atom. The van der Waals surface area contributed by atoms with E-state index in [4.69, 9.17) is 9.97 Å². The number of hydrogen-bond acceptors (Lipinski definition) is 6. The van der Waals surface area contributed by atoms with Gasteiger partial charge in [-0.2, -0.15) is 9.97 Å². The van der Waals surface area contributed by atoms with Gasteiger partial charge < -0.3 is 20.0 Å². The molecule has 0 aliphatic carbocycles. The lowest BCUT2D eigenvalue weighted by molar-refractivity contribution is 0.584. The van der Waals surface area contributed by atoms with Crippen molar-refractivity contribution in [2.45, 2.75) is 25.7 Å². The Hall–Kier alpha value is -1.56. The highest BCUT2D eigenvalue weighted by molar-refractivity contribution is 5.56. The third-order valence-electron chi connectivity index (χ3n) is 4.95. The topological polar surface area (TPSA) is 47.5 Å². The van der Waals surface area contributed by atoms with E-state index in [1.165, 1.54) is 25.7 Å². The van der Waals surface area contributed by atoms with E-state index < -0.39 is 0 Å². The van der Waals surface area contributed by atoms with Crippen LogP contribution in [0.3, 0.4) is 0 Å². The lowest BCUT2D eigenvalue weighted by atomic mass is 10.3. The average molecular weight is 304 g/mol. The maximum absolute atomic E-state index is 4.90. The van der Waals surface area contributed by atoms with Crippen LogP contribution in [0.4, 0.5) is 17.6 Å². The van der Waals surface area contributed by atoms with Crippen LogP contribution < -0.4 is 20.0 Å². The Bertz CT molecular complexity index is 467. The number of nitrogens with one attached hydrogen (secondary N) is 1. The third kappa shape index (κ3) is 2.84. The average Bonchev–Trinajstić information content (AvgIpc) is 3.29. The van der Waals surface area contributed by atoms with Crippen molar-refractivity contribution in [3.8, 4) is 0 Å². The van der Waals surface area contributed by atoms with Crippen molar-refractivity contribution in [1.29, 1.82) is 0 Å². The van der Waals surface area contributed by atoms with Crippen molar-refractivity contribution < 1.29 is 0 Å². The number of aromatic nitrogens is 2. The number of piperazine rings is 1. The van der Waals surface area contributed by atoms with E-state index in [0.29, 0.717) is 0 Å². The molecule has 6 heteroatoms. The number of anilines is 3. The first-order valence-electron chi connectivity index (χ1n) is 8.75. The number of rotatable bonds is 3. The van der Waals surface area contributed by atoms with Crippen LogP contribution in [0.5, 0.6) is 0 Å². The molecule has 0 amide bonds. The second kappa shape index (κ2) is 6.28. The van der Waals surface area contributed by atoms with E-state index in [2.05, 4.69) is 26.1 Å². The van der Waals surface area contributed by atoms with Crippen LogP contribution in [-0.2, 0) is 0 Å². The summed E-state index contributed by atoms with van der Waals surface area (Å²) < 4.78 is 0. The van der Waals surface area contributed by atoms with E-state index in [-0.39, 0.29) is 0 Å². The van der Waals surface area contributed by atoms with Gasteiger partial charge in [-0.05, 0) is 25.7 Å². The molecule has 1 N–H and O–H groups in total. The van der Waals surface area contributed by atoms with E-state index >= 15 is 0 Å². The molecule has 0 unspecified atom stereocenters. The van der Waals surface area contributed by atoms with Crippen molar-refractivity contribution in [2.75, 3.05) is 67.1 Å². The predicted molar refractivity (Wildman–Crippen MR) is 90.0 cm³/mol. The molecule has 4 rings (SSSR count). The molecule has 6 nitrogen and oxygen atoms in total.